The third kappa shape index (κ3) is 2.85. The van der Waals surface area contributed by atoms with E-state index in [0.717, 1.165) is 5.56 Å². The first kappa shape index (κ1) is 15.3. The van der Waals surface area contributed by atoms with Gasteiger partial charge in [-0.25, -0.2) is 0 Å². The number of benzene rings is 2. The number of amides is 1. The summed E-state index contributed by atoms with van der Waals surface area (Å²) >= 11 is 5.87. The topological polar surface area (TPSA) is 66.4 Å². The Balaban J connectivity index is 2.10. The van der Waals surface area contributed by atoms with Crippen molar-refractivity contribution in [3.05, 3.63) is 75.8 Å². The van der Waals surface area contributed by atoms with E-state index >= 15 is 0 Å². The van der Waals surface area contributed by atoms with Crippen LogP contribution >= 0.6 is 11.6 Å². The van der Waals surface area contributed by atoms with Crippen LogP contribution in [0.5, 0.6) is 0 Å². The summed E-state index contributed by atoms with van der Waals surface area (Å²) in [6, 6.07) is 13.2. The van der Waals surface area contributed by atoms with Crippen LogP contribution in [0.2, 0.25) is 5.02 Å². The van der Waals surface area contributed by atoms with Crippen LogP contribution in [0.25, 0.3) is 5.76 Å². The van der Waals surface area contributed by atoms with Crippen LogP contribution in [0, 0.1) is 6.92 Å². The predicted octanol–water partition coefficient (Wildman–Crippen LogP) is 3.36. The molecular formula is C18H14ClNO3. The molecule has 1 atom stereocenters. The van der Waals surface area contributed by atoms with Crippen LogP contribution in [-0.2, 0) is 9.59 Å². The van der Waals surface area contributed by atoms with E-state index in [2.05, 4.69) is 5.32 Å². The second-order valence-corrected chi connectivity index (χ2v) is 5.85. The Morgan fingerprint density at radius 1 is 1.04 bits per heavy atom. The van der Waals surface area contributed by atoms with Crippen LogP contribution in [0.1, 0.15) is 22.7 Å². The van der Waals surface area contributed by atoms with Gasteiger partial charge in [0.15, 0.2) is 0 Å². The first-order valence-electron chi connectivity index (χ1n) is 7.08. The number of Topliss-reactive ketones (excluding diaryl/α,β-unsaturated/α-hetero) is 1. The Morgan fingerprint density at radius 2 is 1.65 bits per heavy atom. The van der Waals surface area contributed by atoms with Crippen LogP contribution in [0.3, 0.4) is 0 Å². The van der Waals surface area contributed by atoms with Gasteiger partial charge in [0.25, 0.3) is 11.7 Å². The normalized spacial score (nSPS) is 19.7. The third-order valence-corrected chi connectivity index (χ3v) is 4.05. The fourth-order valence-electron chi connectivity index (χ4n) is 2.54. The van der Waals surface area contributed by atoms with Gasteiger partial charge in [-0.3, -0.25) is 9.59 Å². The lowest BCUT2D eigenvalue weighted by Crippen LogP contribution is -2.21. The SMILES string of the molecule is Cc1ccc(/C(O)=C2\C(=O)C(=O)N[C@@H]2c2ccc(Cl)cc2)cc1. The molecule has 1 aliphatic rings. The van der Waals surface area contributed by atoms with Gasteiger partial charge in [-0.05, 0) is 24.6 Å². The van der Waals surface area contributed by atoms with Crippen LogP contribution in [0.15, 0.2) is 54.1 Å². The highest BCUT2D eigenvalue weighted by atomic mass is 35.5. The van der Waals surface area contributed by atoms with Gasteiger partial charge in [-0.1, -0.05) is 53.6 Å². The summed E-state index contributed by atoms with van der Waals surface area (Å²) in [5.41, 5.74) is 2.27. The summed E-state index contributed by atoms with van der Waals surface area (Å²) in [5, 5.41) is 13.7. The predicted molar refractivity (Wildman–Crippen MR) is 88.1 cm³/mol. The molecule has 0 saturated carbocycles. The number of carbonyl (C=O) groups excluding carboxylic acids is 2. The number of hydrogen-bond acceptors (Lipinski definition) is 3. The molecule has 1 saturated heterocycles. The van der Waals surface area contributed by atoms with Gasteiger partial charge >= 0.3 is 0 Å². The summed E-state index contributed by atoms with van der Waals surface area (Å²) in [6.45, 7) is 1.93. The highest BCUT2D eigenvalue weighted by molar-refractivity contribution is 6.46. The largest absolute Gasteiger partial charge is 0.507 e. The third-order valence-electron chi connectivity index (χ3n) is 3.80. The Labute approximate surface area is 138 Å². The number of carbonyl (C=O) groups is 2. The van der Waals surface area contributed by atoms with E-state index in [1.807, 2.05) is 19.1 Å². The molecule has 0 radical (unpaired) electrons. The summed E-state index contributed by atoms with van der Waals surface area (Å²) < 4.78 is 0. The smallest absolute Gasteiger partial charge is 0.293 e. The zero-order valence-electron chi connectivity index (χ0n) is 12.3. The molecule has 0 bridgehead atoms. The molecule has 23 heavy (non-hydrogen) atoms. The number of rotatable bonds is 2. The highest BCUT2D eigenvalue weighted by Crippen LogP contribution is 2.33. The number of halogens is 1. The lowest BCUT2D eigenvalue weighted by Gasteiger charge is -2.14. The number of nitrogens with one attached hydrogen (secondary N) is 1. The second kappa shape index (κ2) is 5.89. The minimum Gasteiger partial charge on any atom is -0.507 e. The van der Waals surface area contributed by atoms with Crippen molar-refractivity contribution < 1.29 is 14.7 Å². The van der Waals surface area contributed by atoms with Crippen LogP contribution in [0.4, 0.5) is 0 Å². The number of aliphatic hydroxyl groups is 1. The van der Waals surface area contributed by atoms with Crippen molar-refractivity contribution in [1.29, 1.82) is 0 Å². The quantitative estimate of drug-likeness (QED) is 0.505. The minimum absolute atomic E-state index is 0.0566. The molecule has 0 aliphatic carbocycles. The molecule has 0 spiro atoms. The van der Waals surface area contributed by atoms with Crippen molar-refractivity contribution >= 4 is 29.1 Å². The van der Waals surface area contributed by atoms with Crippen molar-refractivity contribution in [2.75, 3.05) is 0 Å². The van der Waals surface area contributed by atoms with Gasteiger partial charge in [0.1, 0.15) is 5.76 Å². The van der Waals surface area contributed by atoms with Crippen molar-refractivity contribution in [2.24, 2.45) is 0 Å². The average Bonchev–Trinajstić information content (AvgIpc) is 2.84. The molecule has 2 aromatic rings. The summed E-state index contributed by atoms with van der Waals surface area (Å²) in [7, 11) is 0. The summed E-state index contributed by atoms with van der Waals surface area (Å²) in [6.07, 6.45) is 0. The molecule has 1 fully saturated rings. The van der Waals surface area contributed by atoms with Crippen molar-refractivity contribution in [1.82, 2.24) is 5.32 Å². The second-order valence-electron chi connectivity index (χ2n) is 5.42. The number of aliphatic hydroxyl groups excluding tert-OH is 1. The molecule has 2 aromatic carbocycles. The lowest BCUT2D eigenvalue weighted by atomic mass is 9.95. The van der Waals surface area contributed by atoms with Gasteiger partial charge in [-0.2, -0.15) is 0 Å². The molecule has 0 aromatic heterocycles. The van der Waals surface area contributed by atoms with E-state index in [-0.39, 0.29) is 11.3 Å². The first-order chi connectivity index (χ1) is 11.0. The number of hydrogen-bond donors (Lipinski definition) is 2. The Bertz CT molecular complexity index is 807. The van der Waals surface area contributed by atoms with E-state index in [9.17, 15) is 14.7 Å². The molecule has 1 aliphatic heterocycles. The highest BCUT2D eigenvalue weighted by Gasteiger charge is 2.39. The van der Waals surface area contributed by atoms with Crippen LogP contribution < -0.4 is 5.32 Å². The average molecular weight is 328 g/mol. The van der Waals surface area contributed by atoms with Crippen molar-refractivity contribution in [2.45, 2.75) is 13.0 Å². The minimum atomic E-state index is -0.724. The molecule has 5 heteroatoms. The van der Waals surface area contributed by atoms with Crippen molar-refractivity contribution in [3.8, 4) is 0 Å². The monoisotopic (exact) mass is 327 g/mol. The van der Waals surface area contributed by atoms with Gasteiger partial charge in [-0.15, -0.1) is 0 Å². The van der Waals surface area contributed by atoms with Crippen LogP contribution in [-0.4, -0.2) is 16.8 Å². The standard InChI is InChI=1S/C18H14ClNO3/c1-10-2-4-12(5-3-10)16(21)14-15(20-18(23)17(14)22)11-6-8-13(19)9-7-11/h2-9,15,21H,1H3,(H,20,23)/b16-14+/t15-/m1/s1. The molecule has 1 heterocycles. The van der Waals surface area contributed by atoms with E-state index in [1.54, 1.807) is 36.4 Å². The van der Waals surface area contributed by atoms with Crippen molar-refractivity contribution in [3.63, 3.8) is 0 Å². The molecule has 2 N–H and O–H groups in total. The molecule has 1 amide bonds. The molecule has 4 nitrogen and oxygen atoms in total. The molecule has 0 unspecified atom stereocenters. The van der Waals surface area contributed by atoms with E-state index < -0.39 is 17.7 Å². The maximum atomic E-state index is 12.2. The fraction of sp³-hybridized carbons (Fsp3) is 0.111. The lowest BCUT2D eigenvalue weighted by molar-refractivity contribution is -0.133. The number of ketones is 1. The van der Waals surface area contributed by atoms with Gasteiger partial charge in [0.2, 0.25) is 0 Å². The first-order valence-corrected chi connectivity index (χ1v) is 7.46. The maximum Gasteiger partial charge on any atom is 0.293 e. The zero-order valence-corrected chi connectivity index (χ0v) is 13.1. The molecule has 116 valence electrons. The van der Waals surface area contributed by atoms with Gasteiger partial charge in [0.05, 0.1) is 11.6 Å². The van der Waals surface area contributed by atoms with E-state index in [4.69, 9.17) is 11.6 Å². The molecule has 3 rings (SSSR count). The Hall–Kier alpha value is -2.59. The fourth-order valence-corrected chi connectivity index (χ4v) is 2.66. The van der Waals surface area contributed by atoms with E-state index in [0.29, 0.717) is 16.1 Å². The zero-order chi connectivity index (χ0) is 16.6. The van der Waals surface area contributed by atoms with Gasteiger partial charge in [0, 0.05) is 10.6 Å². The summed E-state index contributed by atoms with van der Waals surface area (Å²) in [5.74, 6) is -1.63. The Morgan fingerprint density at radius 3 is 2.26 bits per heavy atom. The Kier molecular flexibility index (Phi) is 3.92. The molecular weight excluding hydrogens is 314 g/mol. The summed E-state index contributed by atoms with van der Waals surface area (Å²) in [4.78, 5) is 24.0. The van der Waals surface area contributed by atoms with Gasteiger partial charge < -0.3 is 10.4 Å². The van der Waals surface area contributed by atoms with E-state index in [1.165, 1.54) is 0 Å². The number of aryl methyl sites for hydroxylation is 1. The maximum absolute atomic E-state index is 12.2.